The lowest BCUT2D eigenvalue weighted by molar-refractivity contribution is -0.137. The number of amides is 1. The highest BCUT2D eigenvalue weighted by molar-refractivity contribution is 6.31. The largest absolute Gasteiger partial charge is 0.418 e. The zero-order chi connectivity index (χ0) is 16.8. The molecule has 0 saturated carbocycles. The number of benzene rings is 1. The van der Waals surface area contributed by atoms with Crippen LogP contribution in [0.5, 0.6) is 0 Å². The predicted molar refractivity (Wildman–Crippen MR) is 80.8 cm³/mol. The second-order valence-electron chi connectivity index (χ2n) is 5.36. The maximum Gasteiger partial charge on any atom is 0.418 e. The molecule has 3 nitrogen and oxygen atoms in total. The highest BCUT2D eigenvalue weighted by atomic mass is 35.5. The summed E-state index contributed by atoms with van der Waals surface area (Å²) < 4.78 is 39.5. The van der Waals surface area contributed by atoms with Gasteiger partial charge in [-0.15, -0.1) is 0 Å². The molecule has 1 amide bonds. The Hall–Kier alpha value is -2.08. The number of pyridine rings is 1. The van der Waals surface area contributed by atoms with Crippen molar-refractivity contribution < 1.29 is 18.0 Å². The van der Waals surface area contributed by atoms with Crippen molar-refractivity contribution in [2.75, 3.05) is 11.4 Å². The molecule has 1 aromatic heterocycles. The Morgan fingerprint density at radius 1 is 1.30 bits per heavy atom. The van der Waals surface area contributed by atoms with Crippen LogP contribution in [-0.2, 0) is 12.6 Å². The number of carbonyl (C=O) groups is 1. The lowest BCUT2D eigenvalue weighted by atomic mass is 9.96. The van der Waals surface area contributed by atoms with Crippen LogP contribution >= 0.6 is 11.6 Å². The van der Waals surface area contributed by atoms with Gasteiger partial charge in [-0.05, 0) is 42.7 Å². The third-order valence-corrected chi connectivity index (χ3v) is 4.27. The Morgan fingerprint density at radius 3 is 2.74 bits per heavy atom. The summed E-state index contributed by atoms with van der Waals surface area (Å²) in [6, 6.07) is 4.20. The molecule has 1 aliphatic heterocycles. The van der Waals surface area contributed by atoms with Crippen molar-refractivity contribution in [2.45, 2.75) is 19.5 Å². The van der Waals surface area contributed by atoms with Gasteiger partial charge in [-0.1, -0.05) is 11.6 Å². The summed E-state index contributed by atoms with van der Waals surface area (Å²) in [4.78, 5) is 17.5. The van der Waals surface area contributed by atoms with Gasteiger partial charge in [0.05, 0.1) is 17.4 Å². The quantitative estimate of drug-likeness (QED) is 0.777. The lowest BCUT2D eigenvalue weighted by Gasteiger charge is -2.30. The maximum atomic E-state index is 13.2. The van der Waals surface area contributed by atoms with E-state index in [2.05, 4.69) is 4.98 Å². The molecule has 2 aromatic rings. The topological polar surface area (TPSA) is 33.2 Å². The van der Waals surface area contributed by atoms with Crippen LogP contribution in [-0.4, -0.2) is 17.4 Å². The number of halogens is 4. The zero-order valence-corrected chi connectivity index (χ0v) is 12.9. The van der Waals surface area contributed by atoms with Crippen LogP contribution < -0.4 is 4.90 Å². The number of fused-ring (bicyclic) bond motifs is 1. The second kappa shape index (κ2) is 5.53. The fourth-order valence-electron chi connectivity index (χ4n) is 2.68. The van der Waals surface area contributed by atoms with E-state index in [0.717, 1.165) is 28.9 Å². The molecular formula is C16H12ClF3N2O. The van der Waals surface area contributed by atoms with Gasteiger partial charge in [0.2, 0.25) is 0 Å². The summed E-state index contributed by atoms with van der Waals surface area (Å²) in [5.74, 6) is -0.468. The lowest BCUT2D eigenvalue weighted by Crippen LogP contribution is -2.39. The molecule has 0 fully saturated rings. The Labute approximate surface area is 135 Å². The molecule has 0 bridgehead atoms. The Morgan fingerprint density at radius 2 is 2.04 bits per heavy atom. The molecule has 0 saturated heterocycles. The van der Waals surface area contributed by atoms with Crippen LogP contribution in [0.3, 0.4) is 0 Å². The zero-order valence-electron chi connectivity index (χ0n) is 12.1. The first-order valence-corrected chi connectivity index (χ1v) is 7.29. The van der Waals surface area contributed by atoms with Crippen molar-refractivity contribution in [1.82, 2.24) is 4.98 Å². The minimum Gasteiger partial charge on any atom is -0.306 e. The van der Waals surface area contributed by atoms with E-state index < -0.39 is 17.6 Å². The van der Waals surface area contributed by atoms with Crippen molar-refractivity contribution in [3.8, 4) is 0 Å². The van der Waals surface area contributed by atoms with Crippen molar-refractivity contribution in [1.29, 1.82) is 0 Å². The molecule has 0 atom stereocenters. The first-order valence-electron chi connectivity index (χ1n) is 6.91. The van der Waals surface area contributed by atoms with Gasteiger partial charge in [-0.3, -0.25) is 9.78 Å². The van der Waals surface area contributed by atoms with Gasteiger partial charge in [-0.25, -0.2) is 0 Å². The minimum absolute atomic E-state index is 0.153. The maximum absolute atomic E-state index is 13.2. The van der Waals surface area contributed by atoms with Crippen LogP contribution in [0.25, 0.3) is 0 Å². The van der Waals surface area contributed by atoms with E-state index in [4.69, 9.17) is 11.6 Å². The molecule has 3 rings (SSSR count). The van der Waals surface area contributed by atoms with E-state index in [-0.39, 0.29) is 12.2 Å². The molecule has 23 heavy (non-hydrogen) atoms. The summed E-state index contributed by atoms with van der Waals surface area (Å²) in [5, 5.41) is 0.544. The smallest absolute Gasteiger partial charge is 0.306 e. The van der Waals surface area contributed by atoms with E-state index in [1.807, 2.05) is 0 Å². The molecule has 1 aromatic carbocycles. The Balaban J connectivity index is 2.07. The summed E-state index contributed by atoms with van der Waals surface area (Å²) in [5.41, 5.74) is 0.760. The number of carbonyl (C=O) groups excluding carboxylic acids is 1. The minimum atomic E-state index is -4.55. The van der Waals surface area contributed by atoms with Gasteiger partial charge in [0, 0.05) is 23.3 Å². The fourth-order valence-corrected chi connectivity index (χ4v) is 2.86. The average molecular weight is 341 g/mol. The van der Waals surface area contributed by atoms with Crippen LogP contribution in [0.1, 0.15) is 27.0 Å². The van der Waals surface area contributed by atoms with Crippen LogP contribution in [0.4, 0.5) is 18.9 Å². The van der Waals surface area contributed by atoms with Gasteiger partial charge in [0.25, 0.3) is 5.91 Å². The van der Waals surface area contributed by atoms with Gasteiger partial charge in [0.15, 0.2) is 0 Å². The normalized spacial score (nSPS) is 14.8. The SMILES string of the molecule is Cc1cc2c(cc1Cl)CCN(c1cnccc1C(F)(F)F)C2=O. The van der Waals surface area contributed by atoms with Crippen LogP contribution in [0.2, 0.25) is 5.02 Å². The number of alkyl halides is 3. The van der Waals surface area contributed by atoms with Gasteiger partial charge < -0.3 is 4.90 Å². The molecule has 1 aliphatic rings. The monoisotopic (exact) mass is 340 g/mol. The van der Waals surface area contributed by atoms with Gasteiger partial charge >= 0.3 is 6.18 Å². The number of rotatable bonds is 1. The van der Waals surface area contributed by atoms with Crippen molar-refractivity contribution in [2.24, 2.45) is 0 Å². The molecule has 0 N–H and O–H groups in total. The standard InChI is InChI=1S/C16H12ClF3N2O/c1-9-6-11-10(7-13(9)17)3-5-22(15(11)23)14-8-21-4-2-12(14)16(18,19)20/h2,4,6-8H,3,5H2,1H3. The summed E-state index contributed by atoms with van der Waals surface area (Å²) in [6.07, 6.45) is -1.96. The number of hydrogen-bond donors (Lipinski definition) is 0. The van der Waals surface area contributed by atoms with E-state index in [1.165, 1.54) is 0 Å². The molecule has 7 heteroatoms. The molecular weight excluding hydrogens is 329 g/mol. The predicted octanol–water partition coefficient (Wildman–Crippen LogP) is 4.27. The van der Waals surface area contributed by atoms with E-state index in [0.29, 0.717) is 22.6 Å². The molecule has 0 radical (unpaired) electrons. The molecule has 0 aliphatic carbocycles. The summed E-state index contributed by atoms with van der Waals surface area (Å²) >= 11 is 6.05. The summed E-state index contributed by atoms with van der Waals surface area (Å²) in [6.45, 7) is 1.90. The third kappa shape index (κ3) is 2.79. The highest BCUT2D eigenvalue weighted by Gasteiger charge is 2.37. The van der Waals surface area contributed by atoms with E-state index in [9.17, 15) is 18.0 Å². The fraction of sp³-hybridized carbons (Fsp3) is 0.250. The highest BCUT2D eigenvalue weighted by Crippen LogP contribution is 2.38. The first-order chi connectivity index (χ1) is 10.8. The summed E-state index contributed by atoms with van der Waals surface area (Å²) in [7, 11) is 0. The van der Waals surface area contributed by atoms with Gasteiger partial charge in [0.1, 0.15) is 0 Å². The van der Waals surface area contributed by atoms with Crippen LogP contribution in [0.15, 0.2) is 30.6 Å². The van der Waals surface area contributed by atoms with Crippen LogP contribution in [0, 0.1) is 6.92 Å². The van der Waals surface area contributed by atoms with E-state index in [1.54, 1.807) is 19.1 Å². The second-order valence-corrected chi connectivity index (χ2v) is 5.76. The first kappa shape index (κ1) is 15.8. The number of aryl methyl sites for hydroxylation is 1. The Bertz CT molecular complexity index is 789. The molecule has 0 spiro atoms. The molecule has 120 valence electrons. The van der Waals surface area contributed by atoms with Crippen molar-refractivity contribution in [3.05, 3.63) is 57.9 Å². The van der Waals surface area contributed by atoms with Crippen molar-refractivity contribution >= 4 is 23.2 Å². The van der Waals surface area contributed by atoms with Crippen molar-refractivity contribution in [3.63, 3.8) is 0 Å². The molecule has 2 heterocycles. The number of hydrogen-bond acceptors (Lipinski definition) is 2. The third-order valence-electron chi connectivity index (χ3n) is 3.86. The molecule has 0 unspecified atom stereocenters. The van der Waals surface area contributed by atoms with E-state index >= 15 is 0 Å². The van der Waals surface area contributed by atoms with Gasteiger partial charge in [-0.2, -0.15) is 13.2 Å². The Kier molecular flexibility index (Phi) is 3.80. The number of anilines is 1. The number of aromatic nitrogens is 1. The average Bonchev–Trinajstić information content (AvgIpc) is 2.49. The number of nitrogens with zero attached hydrogens (tertiary/aromatic N) is 2.